The van der Waals surface area contributed by atoms with Crippen molar-refractivity contribution in [3.63, 3.8) is 0 Å². The molecule has 136 valence electrons. The van der Waals surface area contributed by atoms with Gasteiger partial charge in [0.1, 0.15) is 5.82 Å². The molecule has 2 rings (SSSR count). The Balaban J connectivity index is 0.00000288. The van der Waals surface area contributed by atoms with E-state index in [-0.39, 0.29) is 29.8 Å². The van der Waals surface area contributed by atoms with E-state index in [9.17, 15) is 9.50 Å². The van der Waals surface area contributed by atoms with Crippen molar-refractivity contribution in [3.05, 3.63) is 35.6 Å². The standard InChI is InChI=1S/C17H26FN3O2.HI/c1-3-19-16(20-13-17(22)7-9-23-10-8-17)21(2)12-14-5-4-6-15(18)11-14;/h4-6,11,22H,3,7-10,12-13H2,1-2H3,(H,19,20);1H. The fourth-order valence-corrected chi connectivity index (χ4v) is 2.59. The number of nitrogens with one attached hydrogen (secondary N) is 1. The number of halogens is 2. The molecule has 1 aromatic rings. The second kappa shape index (κ2) is 10.1. The number of guanidine groups is 1. The molecule has 0 amide bonds. The first-order valence-electron chi connectivity index (χ1n) is 8.06. The molecule has 1 heterocycles. The summed E-state index contributed by atoms with van der Waals surface area (Å²) in [6.07, 6.45) is 1.20. The molecule has 2 N–H and O–H groups in total. The summed E-state index contributed by atoms with van der Waals surface area (Å²) >= 11 is 0. The van der Waals surface area contributed by atoms with Crippen molar-refractivity contribution in [2.75, 3.05) is 33.4 Å². The molecule has 24 heavy (non-hydrogen) atoms. The fourth-order valence-electron chi connectivity index (χ4n) is 2.59. The van der Waals surface area contributed by atoms with Gasteiger partial charge >= 0.3 is 0 Å². The highest BCUT2D eigenvalue weighted by atomic mass is 127. The molecule has 0 aliphatic carbocycles. The van der Waals surface area contributed by atoms with E-state index in [1.807, 2.05) is 24.9 Å². The van der Waals surface area contributed by atoms with Crippen molar-refractivity contribution in [2.45, 2.75) is 31.9 Å². The van der Waals surface area contributed by atoms with Gasteiger partial charge in [-0.3, -0.25) is 4.99 Å². The summed E-state index contributed by atoms with van der Waals surface area (Å²) < 4.78 is 18.6. The van der Waals surface area contributed by atoms with Gasteiger partial charge in [-0.1, -0.05) is 12.1 Å². The number of nitrogens with zero attached hydrogens (tertiary/aromatic N) is 2. The smallest absolute Gasteiger partial charge is 0.194 e. The van der Waals surface area contributed by atoms with Crippen LogP contribution in [0.4, 0.5) is 4.39 Å². The third-order valence-corrected chi connectivity index (χ3v) is 3.95. The van der Waals surface area contributed by atoms with Crippen molar-refractivity contribution in [1.82, 2.24) is 10.2 Å². The molecular formula is C17H27FIN3O2. The highest BCUT2D eigenvalue weighted by Gasteiger charge is 2.29. The number of ether oxygens (including phenoxy) is 1. The molecule has 0 aromatic heterocycles. The van der Waals surface area contributed by atoms with Crippen LogP contribution < -0.4 is 5.32 Å². The van der Waals surface area contributed by atoms with E-state index >= 15 is 0 Å². The predicted molar refractivity (Wildman–Crippen MR) is 104 cm³/mol. The molecule has 0 bridgehead atoms. The highest BCUT2D eigenvalue weighted by Crippen LogP contribution is 2.20. The number of benzene rings is 1. The summed E-state index contributed by atoms with van der Waals surface area (Å²) in [7, 11) is 1.90. The molecule has 0 spiro atoms. The van der Waals surface area contributed by atoms with Crippen molar-refractivity contribution in [2.24, 2.45) is 4.99 Å². The van der Waals surface area contributed by atoms with Crippen molar-refractivity contribution < 1.29 is 14.2 Å². The lowest BCUT2D eigenvalue weighted by Crippen LogP contribution is -2.43. The van der Waals surface area contributed by atoms with Crippen LogP contribution in [0.3, 0.4) is 0 Å². The lowest BCUT2D eigenvalue weighted by molar-refractivity contribution is -0.0566. The van der Waals surface area contributed by atoms with Gasteiger partial charge in [-0.2, -0.15) is 0 Å². The van der Waals surface area contributed by atoms with E-state index in [0.717, 1.165) is 12.1 Å². The van der Waals surface area contributed by atoms with E-state index in [2.05, 4.69) is 10.3 Å². The van der Waals surface area contributed by atoms with Gasteiger partial charge in [0.15, 0.2) is 5.96 Å². The molecule has 0 atom stereocenters. The molecule has 1 aliphatic rings. The van der Waals surface area contributed by atoms with Crippen LogP contribution in [0.2, 0.25) is 0 Å². The number of hydrogen-bond acceptors (Lipinski definition) is 3. The average Bonchev–Trinajstić information content (AvgIpc) is 2.52. The van der Waals surface area contributed by atoms with Crippen LogP contribution >= 0.6 is 24.0 Å². The van der Waals surface area contributed by atoms with Crippen LogP contribution in [-0.4, -0.2) is 54.9 Å². The number of aliphatic hydroxyl groups is 1. The Labute approximate surface area is 160 Å². The predicted octanol–water partition coefficient (Wildman–Crippen LogP) is 2.38. The molecule has 0 unspecified atom stereocenters. The first kappa shape index (κ1) is 21.1. The minimum Gasteiger partial charge on any atom is -0.388 e. The van der Waals surface area contributed by atoms with Gasteiger partial charge in [-0.15, -0.1) is 24.0 Å². The minimum atomic E-state index is -0.793. The summed E-state index contributed by atoms with van der Waals surface area (Å²) in [5.74, 6) is 0.464. The fraction of sp³-hybridized carbons (Fsp3) is 0.588. The maximum atomic E-state index is 13.3. The summed E-state index contributed by atoms with van der Waals surface area (Å²) in [6, 6.07) is 6.54. The number of rotatable bonds is 5. The molecule has 5 nitrogen and oxygen atoms in total. The number of aliphatic imine (C=N–C) groups is 1. The lowest BCUT2D eigenvalue weighted by Gasteiger charge is -2.31. The molecule has 1 fully saturated rings. The lowest BCUT2D eigenvalue weighted by atomic mass is 9.95. The normalized spacial score (nSPS) is 17.1. The van der Waals surface area contributed by atoms with Gasteiger partial charge in [0.25, 0.3) is 0 Å². The van der Waals surface area contributed by atoms with E-state index in [1.54, 1.807) is 6.07 Å². The van der Waals surface area contributed by atoms with Crippen LogP contribution in [0.15, 0.2) is 29.3 Å². The highest BCUT2D eigenvalue weighted by molar-refractivity contribution is 14.0. The second-order valence-corrected chi connectivity index (χ2v) is 5.99. The van der Waals surface area contributed by atoms with Gasteiger partial charge < -0.3 is 20.1 Å². The molecule has 1 aliphatic heterocycles. The molecule has 1 saturated heterocycles. The van der Waals surface area contributed by atoms with Crippen LogP contribution in [0.5, 0.6) is 0 Å². The summed E-state index contributed by atoms with van der Waals surface area (Å²) in [4.78, 5) is 6.49. The largest absolute Gasteiger partial charge is 0.388 e. The third-order valence-electron chi connectivity index (χ3n) is 3.95. The average molecular weight is 451 g/mol. The summed E-state index contributed by atoms with van der Waals surface area (Å²) in [5, 5.41) is 13.7. The summed E-state index contributed by atoms with van der Waals surface area (Å²) in [5.41, 5.74) is 0.0846. The Kier molecular flexibility index (Phi) is 8.93. The molecule has 0 radical (unpaired) electrons. The maximum Gasteiger partial charge on any atom is 0.194 e. The van der Waals surface area contributed by atoms with E-state index in [1.165, 1.54) is 12.1 Å². The molecular weight excluding hydrogens is 424 g/mol. The minimum absolute atomic E-state index is 0. The zero-order chi connectivity index (χ0) is 16.7. The second-order valence-electron chi connectivity index (χ2n) is 5.99. The third kappa shape index (κ3) is 6.52. The molecule has 0 saturated carbocycles. The Morgan fingerprint density at radius 2 is 2.12 bits per heavy atom. The van der Waals surface area contributed by atoms with Crippen LogP contribution in [0.1, 0.15) is 25.3 Å². The molecule has 1 aromatic carbocycles. The van der Waals surface area contributed by atoms with Gasteiger partial charge in [-0.05, 0) is 24.6 Å². The van der Waals surface area contributed by atoms with Crippen molar-refractivity contribution in [1.29, 1.82) is 0 Å². The Hall–Kier alpha value is -0.930. The van der Waals surface area contributed by atoms with Crippen molar-refractivity contribution in [3.8, 4) is 0 Å². The van der Waals surface area contributed by atoms with Gasteiger partial charge in [0.05, 0.1) is 12.1 Å². The van der Waals surface area contributed by atoms with Crippen molar-refractivity contribution >= 4 is 29.9 Å². The van der Waals surface area contributed by atoms with Gasteiger partial charge in [0, 0.05) is 46.2 Å². The van der Waals surface area contributed by atoms with E-state index in [0.29, 0.717) is 45.1 Å². The first-order chi connectivity index (χ1) is 11.0. The Morgan fingerprint density at radius 1 is 1.42 bits per heavy atom. The first-order valence-corrected chi connectivity index (χ1v) is 8.06. The van der Waals surface area contributed by atoms with Gasteiger partial charge in [0.2, 0.25) is 0 Å². The van der Waals surface area contributed by atoms with E-state index in [4.69, 9.17) is 4.74 Å². The van der Waals surface area contributed by atoms with Crippen LogP contribution in [0, 0.1) is 5.82 Å². The zero-order valence-corrected chi connectivity index (χ0v) is 16.6. The quantitative estimate of drug-likeness (QED) is 0.410. The van der Waals surface area contributed by atoms with Gasteiger partial charge in [-0.25, -0.2) is 4.39 Å². The number of hydrogen-bond donors (Lipinski definition) is 2. The zero-order valence-electron chi connectivity index (χ0n) is 14.3. The van der Waals surface area contributed by atoms with Crippen LogP contribution in [0.25, 0.3) is 0 Å². The Morgan fingerprint density at radius 3 is 2.75 bits per heavy atom. The van der Waals surface area contributed by atoms with Crippen LogP contribution in [-0.2, 0) is 11.3 Å². The molecule has 7 heteroatoms. The summed E-state index contributed by atoms with van der Waals surface area (Å²) in [6.45, 7) is 4.75. The Bertz CT molecular complexity index is 536. The monoisotopic (exact) mass is 451 g/mol. The topological polar surface area (TPSA) is 57.1 Å². The van der Waals surface area contributed by atoms with E-state index < -0.39 is 5.60 Å². The SMILES string of the molecule is CCNC(=NCC1(O)CCOCC1)N(C)Cc1cccc(F)c1.I. The maximum absolute atomic E-state index is 13.3.